The second-order valence-corrected chi connectivity index (χ2v) is 5.15. The molecule has 2 aromatic heterocycles. The fourth-order valence-corrected chi connectivity index (χ4v) is 2.48. The van der Waals surface area contributed by atoms with Gasteiger partial charge in [0.1, 0.15) is 6.33 Å². The first-order valence-electron chi connectivity index (χ1n) is 4.90. The van der Waals surface area contributed by atoms with E-state index in [4.69, 9.17) is 0 Å². The van der Waals surface area contributed by atoms with Crippen molar-refractivity contribution in [1.29, 1.82) is 0 Å². The highest BCUT2D eigenvalue weighted by atomic mass is 79.9. The monoisotopic (exact) mass is 306 g/mol. The van der Waals surface area contributed by atoms with E-state index in [9.17, 15) is 0 Å². The van der Waals surface area contributed by atoms with E-state index in [1.54, 1.807) is 11.3 Å². The van der Waals surface area contributed by atoms with Gasteiger partial charge < -0.3 is 0 Å². The quantitative estimate of drug-likeness (QED) is 0.790. The Hall–Kier alpha value is -1.53. The van der Waals surface area contributed by atoms with E-state index < -0.39 is 0 Å². The molecule has 0 aliphatic carbocycles. The standard InChI is InChI=1S/C11H7BrN4S/c12-8-3-1-7(2-4-8)9-5-17-11(15-9)10-13-6-14-16-10/h1-6H,(H,13,14,16). The number of halogens is 1. The smallest absolute Gasteiger partial charge is 0.184 e. The third kappa shape index (κ3) is 2.13. The van der Waals surface area contributed by atoms with Crippen LogP contribution in [0.3, 0.4) is 0 Å². The van der Waals surface area contributed by atoms with Gasteiger partial charge >= 0.3 is 0 Å². The van der Waals surface area contributed by atoms with Crippen molar-refractivity contribution in [2.45, 2.75) is 0 Å². The summed E-state index contributed by atoms with van der Waals surface area (Å²) < 4.78 is 1.06. The van der Waals surface area contributed by atoms with Gasteiger partial charge in [-0.15, -0.1) is 11.3 Å². The fraction of sp³-hybridized carbons (Fsp3) is 0. The van der Waals surface area contributed by atoms with Gasteiger partial charge in [0.2, 0.25) is 0 Å². The zero-order valence-electron chi connectivity index (χ0n) is 8.59. The van der Waals surface area contributed by atoms with Crippen molar-refractivity contribution >= 4 is 27.3 Å². The highest BCUT2D eigenvalue weighted by molar-refractivity contribution is 9.10. The molecule has 17 heavy (non-hydrogen) atoms. The van der Waals surface area contributed by atoms with Crippen LogP contribution in [0.25, 0.3) is 22.1 Å². The van der Waals surface area contributed by atoms with Crippen molar-refractivity contribution < 1.29 is 0 Å². The first-order valence-corrected chi connectivity index (χ1v) is 6.57. The largest absolute Gasteiger partial charge is 0.257 e. The zero-order valence-corrected chi connectivity index (χ0v) is 11.0. The number of benzene rings is 1. The Kier molecular flexibility index (Phi) is 2.74. The Bertz CT molecular complexity index is 615. The minimum Gasteiger partial charge on any atom is -0.257 e. The maximum Gasteiger partial charge on any atom is 0.184 e. The SMILES string of the molecule is Brc1ccc(-c2csc(-c3ncn[nH]3)n2)cc1. The zero-order chi connectivity index (χ0) is 11.7. The van der Waals surface area contributed by atoms with Gasteiger partial charge in [-0.2, -0.15) is 5.10 Å². The summed E-state index contributed by atoms with van der Waals surface area (Å²) in [6, 6.07) is 8.07. The molecule has 0 aliphatic rings. The molecule has 1 aromatic carbocycles. The summed E-state index contributed by atoms with van der Waals surface area (Å²) in [5, 5.41) is 9.49. The molecule has 4 nitrogen and oxygen atoms in total. The molecule has 3 rings (SSSR count). The number of nitrogens with one attached hydrogen (secondary N) is 1. The van der Waals surface area contributed by atoms with Gasteiger partial charge in [0.05, 0.1) is 5.69 Å². The summed E-state index contributed by atoms with van der Waals surface area (Å²) in [6.07, 6.45) is 1.48. The van der Waals surface area contributed by atoms with Crippen LogP contribution in [0.4, 0.5) is 0 Å². The molecular formula is C11H7BrN4S. The summed E-state index contributed by atoms with van der Waals surface area (Å²) >= 11 is 4.96. The number of hydrogen-bond acceptors (Lipinski definition) is 4. The van der Waals surface area contributed by atoms with Gasteiger partial charge in [-0.1, -0.05) is 28.1 Å². The van der Waals surface area contributed by atoms with E-state index in [0.717, 1.165) is 20.7 Å². The first kappa shape index (κ1) is 10.6. The highest BCUT2D eigenvalue weighted by Crippen LogP contribution is 2.27. The average Bonchev–Trinajstić information content (AvgIpc) is 3.00. The number of aromatic nitrogens is 4. The third-order valence-electron chi connectivity index (χ3n) is 2.26. The van der Waals surface area contributed by atoms with Crippen molar-refractivity contribution in [1.82, 2.24) is 20.2 Å². The molecule has 3 aromatic rings. The molecule has 6 heteroatoms. The molecule has 2 heterocycles. The Labute approximate surface area is 110 Å². The fourth-order valence-electron chi connectivity index (χ4n) is 1.44. The molecule has 0 fully saturated rings. The normalized spacial score (nSPS) is 10.6. The number of hydrogen-bond donors (Lipinski definition) is 1. The van der Waals surface area contributed by atoms with Crippen LogP contribution < -0.4 is 0 Å². The van der Waals surface area contributed by atoms with Gasteiger partial charge in [0.15, 0.2) is 10.8 Å². The van der Waals surface area contributed by atoms with Crippen molar-refractivity contribution in [2.75, 3.05) is 0 Å². The van der Waals surface area contributed by atoms with Crippen molar-refractivity contribution in [3.05, 3.63) is 40.4 Å². The van der Waals surface area contributed by atoms with Crippen LogP contribution in [0.1, 0.15) is 0 Å². The maximum atomic E-state index is 4.52. The average molecular weight is 307 g/mol. The number of aromatic amines is 1. The third-order valence-corrected chi connectivity index (χ3v) is 3.64. The van der Waals surface area contributed by atoms with Crippen molar-refractivity contribution in [2.24, 2.45) is 0 Å². The minimum atomic E-state index is 0.707. The summed E-state index contributed by atoms with van der Waals surface area (Å²) in [4.78, 5) is 8.60. The molecule has 0 atom stereocenters. The van der Waals surface area contributed by atoms with Gasteiger partial charge in [0, 0.05) is 15.4 Å². The van der Waals surface area contributed by atoms with Crippen molar-refractivity contribution in [3.8, 4) is 22.1 Å². The van der Waals surface area contributed by atoms with Crippen LogP contribution in [0.15, 0.2) is 40.4 Å². The van der Waals surface area contributed by atoms with E-state index in [-0.39, 0.29) is 0 Å². The molecule has 0 aliphatic heterocycles. The molecule has 0 spiro atoms. The topological polar surface area (TPSA) is 54.5 Å². The number of H-pyrrole nitrogens is 1. The molecule has 0 amide bonds. The van der Waals surface area contributed by atoms with Gasteiger partial charge in [-0.25, -0.2) is 9.97 Å². The summed E-state index contributed by atoms with van der Waals surface area (Å²) in [6.45, 7) is 0. The predicted octanol–water partition coefficient (Wildman–Crippen LogP) is 3.36. The lowest BCUT2D eigenvalue weighted by Crippen LogP contribution is -1.81. The van der Waals surface area contributed by atoms with Crippen LogP contribution in [0, 0.1) is 0 Å². The predicted molar refractivity (Wildman–Crippen MR) is 70.6 cm³/mol. The Morgan fingerprint density at radius 2 is 2.00 bits per heavy atom. The molecule has 0 saturated carbocycles. The van der Waals surface area contributed by atoms with Gasteiger partial charge in [-0.3, -0.25) is 5.10 Å². The molecule has 1 N–H and O–H groups in total. The number of rotatable bonds is 2. The van der Waals surface area contributed by atoms with Crippen LogP contribution in [0.2, 0.25) is 0 Å². The molecule has 0 saturated heterocycles. The first-order chi connectivity index (χ1) is 8.33. The minimum absolute atomic E-state index is 0.707. The van der Waals surface area contributed by atoms with E-state index in [1.807, 2.05) is 29.6 Å². The van der Waals surface area contributed by atoms with Gasteiger partial charge in [0.25, 0.3) is 0 Å². The summed E-state index contributed by atoms with van der Waals surface area (Å²) in [5.74, 6) is 0.707. The second-order valence-electron chi connectivity index (χ2n) is 3.38. The maximum absolute atomic E-state index is 4.52. The molecule has 84 valence electrons. The van der Waals surface area contributed by atoms with Crippen LogP contribution in [-0.4, -0.2) is 20.2 Å². The Morgan fingerprint density at radius 3 is 2.71 bits per heavy atom. The molecule has 0 unspecified atom stereocenters. The van der Waals surface area contributed by atoms with E-state index in [2.05, 4.69) is 36.1 Å². The van der Waals surface area contributed by atoms with Crippen LogP contribution >= 0.6 is 27.3 Å². The summed E-state index contributed by atoms with van der Waals surface area (Å²) in [7, 11) is 0. The Morgan fingerprint density at radius 1 is 1.18 bits per heavy atom. The lowest BCUT2D eigenvalue weighted by Gasteiger charge is -1.95. The number of thiazole rings is 1. The highest BCUT2D eigenvalue weighted by Gasteiger charge is 2.08. The molecule has 0 bridgehead atoms. The van der Waals surface area contributed by atoms with E-state index in [0.29, 0.717) is 5.82 Å². The second kappa shape index (κ2) is 4.38. The van der Waals surface area contributed by atoms with Crippen molar-refractivity contribution in [3.63, 3.8) is 0 Å². The van der Waals surface area contributed by atoms with E-state index >= 15 is 0 Å². The van der Waals surface area contributed by atoms with Gasteiger partial charge in [-0.05, 0) is 12.1 Å². The van der Waals surface area contributed by atoms with E-state index in [1.165, 1.54) is 6.33 Å². The van der Waals surface area contributed by atoms with Crippen LogP contribution in [-0.2, 0) is 0 Å². The molecule has 0 radical (unpaired) electrons. The van der Waals surface area contributed by atoms with Crippen LogP contribution in [0.5, 0.6) is 0 Å². The lowest BCUT2D eigenvalue weighted by molar-refractivity contribution is 1.09. The number of nitrogens with zero attached hydrogens (tertiary/aromatic N) is 3. The lowest BCUT2D eigenvalue weighted by atomic mass is 10.2. The molecular weight excluding hydrogens is 300 g/mol. The Balaban J connectivity index is 1.98. The summed E-state index contributed by atoms with van der Waals surface area (Å²) in [5.41, 5.74) is 2.05.